The van der Waals surface area contributed by atoms with Gasteiger partial charge in [0, 0.05) is 6.42 Å². The van der Waals surface area contributed by atoms with E-state index in [2.05, 4.69) is 27.3 Å². The van der Waals surface area contributed by atoms with E-state index in [0.717, 1.165) is 18.0 Å². The summed E-state index contributed by atoms with van der Waals surface area (Å²) >= 11 is 0. The van der Waals surface area contributed by atoms with Gasteiger partial charge in [0.25, 0.3) is 0 Å². The van der Waals surface area contributed by atoms with E-state index < -0.39 is 0 Å². The van der Waals surface area contributed by atoms with Gasteiger partial charge in [-0.1, -0.05) is 19.8 Å². The van der Waals surface area contributed by atoms with E-state index in [1.165, 1.54) is 25.6 Å². The Morgan fingerprint density at radius 3 is 3.00 bits per heavy atom. The maximum Gasteiger partial charge on any atom is 0.224 e. The predicted molar refractivity (Wildman–Crippen MR) is 83.5 cm³/mol. The Bertz CT molecular complexity index is 608. The summed E-state index contributed by atoms with van der Waals surface area (Å²) in [5.41, 5.74) is 0.720. The molecule has 0 aromatic carbocycles. The van der Waals surface area contributed by atoms with Crippen LogP contribution in [0.4, 0.5) is 5.69 Å². The van der Waals surface area contributed by atoms with Gasteiger partial charge in [-0.05, 0) is 36.8 Å². The fourth-order valence-corrected chi connectivity index (χ4v) is 3.14. The average molecular weight is 299 g/mol. The standard InChI is InChI=1S/C16H21N5O/c1-12-3-2-4-13(7-12)8-16(22)20-14-5-6-15(18-9-14)21-11-17-10-19-21/h5-6,9-13H,2-4,7-8H2,1H3,(H,20,22). The van der Waals surface area contributed by atoms with Crippen LogP contribution in [0.5, 0.6) is 0 Å². The van der Waals surface area contributed by atoms with E-state index in [-0.39, 0.29) is 5.91 Å². The maximum atomic E-state index is 12.1. The monoisotopic (exact) mass is 299 g/mol. The Kier molecular flexibility index (Phi) is 4.46. The van der Waals surface area contributed by atoms with Gasteiger partial charge in [-0.25, -0.2) is 14.6 Å². The quantitative estimate of drug-likeness (QED) is 0.942. The molecular weight excluding hydrogens is 278 g/mol. The highest BCUT2D eigenvalue weighted by atomic mass is 16.1. The number of pyridine rings is 1. The van der Waals surface area contributed by atoms with Crippen LogP contribution in [0.1, 0.15) is 39.0 Å². The van der Waals surface area contributed by atoms with E-state index in [1.807, 2.05) is 12.1 Å². The second-order valence-electron chi connectivity index (χ2n) is 6.14. The number of rotatable bonds is 4. The molecule has 6 nitrogen and oxygen atoms in total. The van der Waals surface area contributed by atoms with E-state index in [0.29, 0.717) is 18.2 Å². The second-order valence-corrected chi connectivity index (χ2v) is 6.14. The van der Waals surface area contributed by atoms with Crippen LogP contribution in [-0.4, -0.2) is 25.7 Å². The van der Waals surface area contributed by atoms with Crippen molar-refractivity contribution >= 4 is 11.6 Å². The molecule has 1 N–H and O–H groups in total. The maximum absolute atomic E-state index is 12.1. The van der Waals surface area contributed by atoms with Gasteiger partial charge in [0.1, 0.15) is 12.7 Å². The third-order valence-corrected chi connectivity index (χ3v) is 4.20. The zero-order valence-electron chi connectivity index (χ0n) is 12.8. The first kappa shape index (κ1) is 14.7. The molecular formula is C16H21N5O. The zero-order valence-corrected chi connectivity index (χ0v) is 12.8. The largest absolute Gasteiger partial charge is 0.325 e. The molecule has 0 radical (unpaired) electrons. The SMILES string of the molecule is CC1CCCC(CC(=O)Nc2ccc(-n3cncn3)nc2)C1. The van der Waals surface area contributed by atoms with Crippen molar-refractivity contribution in [1.82, 2.24) is 19.7 Å². The first-order valence-corrected chi connectivity index (χ1v) is 7.81. The lowest BCUT2D eigenvalue weighted by molar-refractivity contribution is -0.117. The molecule has 0 saturated heterocycles. The van der Waals surface area contributed by atoms with Crippen molar-refractivity contribution in [3.05, 3.63) is 31.0 Å². The first-order valence-electron chi connectivity index (χ1n) is 7.81. The molecule has 0 bridgehead atoms. The van der Waals surface area contributed by atoms with Crippen molar-refractivity contribution in [1.29, 1.82) is 0 Å². The number of nitrogens with one attached hydrogen (secondary N) is 1. The normalized spacial score (nSPS) is 21.5. The highest BCUT2D eigenvalue weighted by Gasteiger charge is 2.21. The van der Waals surface area contributed by atoms with Crippen LogP contribution >= 0.6 is 0 Å². The Labute approximate surface area is 130 Å². The number of hydrogen-bond acceptors (Lipinski definition) is 4. The van der Waals surface area contributed by atoms with Crippen LogP contribution in [0.2, 0.25) is 0 Å². The lowest BCUT2D eigenvalue weighted by Crippen LogP contribution is -2.21. The van der Waals surface area contributed by atoms with Gasteiger partial charge >= 0.3 is 0 Å². The molecule has 3 rings (SSSR count). The molecule has 1 fully saturated rings. The fraction of sp³-hybridized carbons (Fsp3) is 0.500. The van der Waals surface area contributed by atoms with E-state index in [9.17, 15) is 4.79 Å². The molecule has 1 amide bonds. The average Bonchev–Trinajstić information content (AvgIpc) is 3.02. The van der Waals surface area contributed by atoms with Crippen molar-refractivity contribution in [3.63, 3.8) is 0 Å². The van der Waals surface area contributed by atoms with Crippen LogP contribution in [0, 0.1) is 11.8 Å². The summed E-state index contributed by atoms with van der Waals surface area (Å²) in [6.45, 7) is 2.27. The number of hydrogen-bond donors (Lipinski definition) is 1. The van der Waals surface area contributed by atoms with Crippen molar-refractivity contribution in [2.45, 2.75) is 39.0 Å². The predicted octanol–water partition coefficient (Wildman–Crippen LogP) is 2.82. The van der Waals surface area contributed by atoms with Crippen molar-refractivity contribution in [2.24, 2.45) is 11.8 Å². The molecule has 2 aromatic heterocycles. The van der Waals surface area contributed by atoms with Crippen molar-refractivity contribution in [3.8, 4) is 5.82 Å². The van der Waals surface area contributed by atoms with Gasteiger partial charge in [-0.2, -0.15) is 5.10 Å². The van der Waals surface area contributed by atoms with E-state index >= 15 is 0 Å². The Morgan fingerprint density at radius 1 is 1.41 bits per heavy atom. The molecule has 2 unspecified atom stereocenters. The Balaban J connectivity index is 1.55. The number of aromatic nitrogens is 4. The smallest absolute Gasteiger partial charge is 0.224 e. The van der Waals surface area contributed by atoms with Gasteiger partial charge in [0.15, 0.2) is 5.82 Å². The third-order valence-electron chi connectivity index (χ3n) is 4.20. The molecule has 2 heterocycles. The molecule has 116 valence electrons. The number of carbonyl (C=O) groups is 1. The first-order chi connectivity index (χ1) is 10.7. The van der Waals surface area contributed by atoms with Crippen LogP contribution in [-0.2, 0) is 4.79 Å². The van der Waals surface area contributed by atoms with E-state index in [1.54, 1.807) is 17.2 Å². The highest BCUT2D eigenvalue weighted by Crippen LogP contribution is 2.30. The van der Waals surface area contributed by atoms with Gasteiger partial charge < -0.3 is 5.32 Å². The van der Waals surface area contributed by atoms with Crippen LogP contribution in [0.3, 0.4) is 0 Å². The summed E-state index contributed by atoms with van der Waals surface area (Å²) in [6, 6.07) is 3.65. The van der Waals surface area contributed by atoms with Crippen molar-refractivity contribution < 1.29 is 4.79 Å². The third kappa shape index (κ3) is 3.69. The Morgan fingerprint density at radius 2 is 2.32 bits per heavy atom. The van der Waals surface area contributed by atoms with Crippen LogP contribution in [0.25, 0.3) is 5.82 Å². The Hall–Kier alpha value is -2.24. The number of carbonyl (C=O) groups excluding carboxylic acids is 1. The minimum Gasteiger partial charge on any atom is -0.325 e. The summed E-state index contributed by atoms with van der Waals surface area (Å²) in [5.74, 6) is 2.02. The van der Waals surface area contributed by atoms with Gasteiger partial charge in [-0.3, -0.25) is 4.79 Å². The van der Waals surface area contributed by atoms with Gasteiger partial charge in [0.05, 0.1) is 11.9 Å². The molecule has 1 aliphatic rings. The summed E-state index contributed by atoms with van der Waals surface area (Å²) in [7, 11) is 0. The second kappa shape index (κ2) is 6.68. The molecule has 2 aromatic rings. The zero-order chi connectivity index (χ0) is 15.4. The minimum atomic E-state index is 0.0782. The lowest BCUT2D eigenvalue weighted by Gasteiger charge is -2.26. The minimum absolute atomic E-state index is 0.0782. The van der Waals surface area contributed by atoms with Crippen molar-refractivity contribution in [2.75, 3.05) is 5.32 Å². The topological polar surface area (TPSA) is 72.7 Å². The molecule has 6 heteroatoms. The molecule has 22 heavy (non-hydrogen) atoms. The summed E-state index contributed by atoms with van der Waals surface area (Å²) < 4.78 is 1.58. The molecule has 0 aliphatic heterocycles. The van der Waals surface area contributed by atoms with Crippen LogP contribution in [0.15, 0.2) is 31.0 Å². The fourth-order valence-electron chi connectivity index (χ4n) is 3.14. The molecule has 2 atom stereocenters. The van der Waals surface area contributed by atoms with Crippen LogP contribution < -0.4 is 5.32 Å². The summed E-state index contributed by atoms with van der Waals surface area (Å²) in [4.78, 5) is 20.3. The lowest BCUT2D eigenvalue weighted by atomic mass is 9.81. The summed E-state index contributed by atoms with van der Waals surface area (Å²) in [5, 5.41) is 6.95. The number of anilines is 1. The summed E-state index contributed by atoms with van der Waals surface area (Å²) in [6.07, 6.45) is 10.2. The number of nitrogens with zero attached hydrogens (tertiary/aromatic N) is 4. The molecule has 1 saturated carbocycles. The number of amides is 1. The van der Waals surface area contributed by atoms with Gasteiger partial charge in [-0.15, -0.1) is 0 Å². The highest BCUT2D eigenvalue weighted by molar-refractivity contribution is 5.90. The molecule has 0 spiro atoms. The molecule has 1 aliphatic carbocycles. The van der Waals surface area contributed by atoms with E-state index in [4.69, 9.17) is 0 Å². The van der Waals surface area contributed by atoms with Gasteiger partial charge in [0.2, 0.25) is 5.91 Å².